The number of rotatable bonds is 9. The third-order valence-electron chi connectivity index (χ3n) is 5.98. The summed E-state index contributed by atoms with van der Waals surface area (Å²) in [6.07, 6.45) is 1.61. The van der Waals surface area contributed by atoms with Crippen molar-refractivity contribution < 1.29 is 23.1 Å². The number of amides is 1. The van der Waals surface area contributed by atoms with Gasteiger partial charge in [0.2, 0.25) is 10.0 Å². The molecule has 0 unspecified atom stereocenters. The predicted molar refractivity (Wildman–Crippen MR) is 140 cm³/mol. The van der Waals surface area contributed by atoms with E-state index in [0.29, 0.717) is 40.3 Å². The molecule has 1 aliphatic heterocycles. The Hall–Kier alpha value is -3.95. The zero-order valence-corrected chi connectivity index (χ0v) is 20.8. The molecule has 0 radical (unpaired) electrons. The summed E-state index contributed by atoms with van der Waals surface area (Å²) in [5.74, 6) is -1.41. The van der Waals surface area contributed by atoms with Crippen LogP contribution in [0.2, 0.25) is 0 Å². The number of nitrogens with one attached hydrogen (secondary N) is 2. The number of fused-ring (bicyclic) bond motifs is 1. The Balaban J connectivity index is 1.83. The summed E-state index contributed by atoms with van der Waals surface area (Å²) in [6, 6.07) is 20.0. The minimum Gasteiger partial charge on any atom is -0.478 e. The first-order chi connectivity index (χ1) is 17.2. The van der Waals surface area contributed by atoms with Gasteiger partial charge < -0.3 is 15.7 Å². The number of anilines is 2. The predicted octanol–water partition coefficient (Wildman–Crippen LogP) is 4.74. The highest BCUT2D eigenvalue weighted by atomic mass is 32.2. The van der Waals surface area contributed by atoms with Gasteiger partial charge in [-0.3, -0.25) is 4.79 Å². The quantitative estimate of drug-likeness (QED) is 0.362. The number of carboxylic acids is 1. The van der Waals surface area contributed by atoms with E-state index < -0.39 is 16.0 Å². The van der Waals surface area contributed by atoms with Crippen LogP contribution in [0.5, 0.6) is 0 Å². The normalized spacial score (nSPS) is 14.4. The molecule has 0 spiro atoms. The number of unbranched alkanes of at least 4 members (excludes halogenated alkanes) is 1. The molecule has 186 valence electrons. The average Bonchev–Trinajstić information content (AvgIpc) is 3.21. The van der Waals surface area contributed by atoms with Gasteiger partial charge in [0.1, 0.15) is 0 Å². The molecular formula is C27H27N3O5S. The van der Waals surface area contributed by atoms with Crippen molar-refractivity contribution in [1.82, 2.24) is 4.31 Å². The second-order valence-electron chi connectivity index (χ2n) is 8.47. The maximum absolute atomic E-state index is 13.2. The first-order valence-corrected chi connectivity index (χ1v) is 13.0. The molecule has 3 aromatic carbocycles. The Morgan fingerprint density at radius 3 is 2.33 bits per heavy atom. The standard InChI is InChI=1S/C27H27N3O5S/c1-3-4-16-30(2)36(34,35)21-14-15-23-22(17-21)24(26(31)29-23)25(18-8-6-5-7-9-18)28-20-12-10-19(11-13-20)27(32)33/h5-15,17,28H,3-4,16H2,1-2H3,(H,29,31)(H,32,33)/b25-24-. The number of carbonyl (C=O) groups excluding carboxylic acids is 1. The van der Waals surface area contributed by atoms with Crippen LogP contribution in [0.1, 0.15) is 41.3 Å². The van der Waals surface area contributed by atoms with Crippen LogP contribution in [0.25, 0.3) is 11.3 Å². The lowest BCUT2D eigenvalue weighted by molar-refractivity contribution is -0.110. The first-order valence-electron chi connectivity index (χ1n) is 11.5. The number of carbonyl (C=O) groups is 2. The van der Waals surface area contributed by atoms with Gasteiger partial charge >= 0.3 is 5.97 Å². The average molecular weight is 506 g/mol. The van der Waals surface area contributed by atoms with Crippen LogP contribution in [0, 0.1) is 0 Å². The van der Waals surface area contributed by atoms with Crippen molar-refractivity contribution >= 4 is 44.5 Å². The Morgan fingerprint density at radius 2 is 1.69 bits per heavy atom. The Kier molecular flexibility index (Phi) is 7.23. The maximum Gasteiger partial charge on any atom is 0.335 e. The van der Waals surface area contributed by atoms with E-state index in [4.69, 9.17) is 0 Å². The number of hydrogen-bond acceptors (Lipinski definition) is 5. The molecule has 0 saturated carbocycles. The van der Waals surface area contributed by atoms with Crippen LogP contribution in [0.4, 0.5) is 11.4 Å². The van der Waals surface area contributed by atoms with Gasteiger partial charge in [0.25, 0.3) is 5.91 Å². The Labute approximate surface area is 210 Å². The molecule has 9 heteroatoms. The fourth-order valence-electron chi connectivity index (χ4n) is 3.96. The zero-order valence-electron chi connectivity index (χ0n) is 20.0. The van der Waals surface area contributed by atoms with E-state index in [2.05, 4.69) is 10.6 Å². The second-order valence-corrected chi connectivity index (χ2v) is 10.5. The number of aromatic carboxylic acids is 1. The van der Waals surface area contributed by atoms with Crippen LogP contribution in [0.3, 0.4) is 0 Å². The van der Waals surface area contributed by atoms with Crippen molar-refractivity contribution in [1.29, 1.82) is 0 Å². The summed E-state index contributed by atoms with van der Waals surface area (Å²) >= 11 is 0. The highest BCUT2D eigenvalue weighted by Crippen LogP contribution is 2.39. The summed E-state index contributed by atoms with van der Waals surface area (Å²) < 4.78 is 27.7. The smallest absolute Gasteiger partial charge is 0.335 e. The Bertz CT molecular complexity index is 1430. The molecule has 1 heterocycles. The van der Waals surface area contributed by atoms with Crippen molar-refractivity contribution in [2.75, 3.05) is 24.2 Å². The maximum atomic E-state index is 13.2. The van der Waals surface area contributed by atoms with E-state index in [1.165, 1.54) is 28.6 Å². The number of benzene rings is 3. The van der Waals surface area contributed by atoms with Gasteiger partial charge in [0.05, 0.1) is 21.7 Å². The lowest BCUT2D eigenvalue weighted by Crippen LogP contribution is -2.28. The van der Waals surface area contributed by atoms with Crippen molar-refractivity contribution in [3.63, 3.8) is 0 Å². The zero-order chi connectivity index (χ0) is 25.9. The third-order valence-corrected chi connectivity index (χ3v) is 7.84. The fraction of sp³-hybridized carbons (Fsp3) is 0.185. The van der Waals surface area contributed by atoms with Crippen molar-refractivity contribution in [3.05, 3.63) is 89.5 Å². The van der Waals surface area contributed by atoms with E-state index in [-0.39, 0.29) is 16.4 Å². The molecule has 0 atom stereocenters. The SMILES string of the molecule is CCCCN(C)S(=O)(=O)c1ccc2c(c1)/C(=C(/Nc1ccc(C(=O)O)cc1)c1ccccc1)C(=O)N2. The van der Waals surface area contributed by atoms with Crippen molar-refractivity contribution in [3.8, 4) is 0 Å². The van der Waals surface area contributed by atoms with Gasteiger partial charge in [-0.05, 0) is 54.4 Å². The molecule has 0 fully saturated rings. The van der Waals surface area contributed by atoms with Crippen LogP contribution in [0.15, 0.2) is 77.7 Å². The van der Waals surface area contributed by atoms with E-state index >= 15 is 0 Å². The Morgan fingerprint density at radius 1 is 1.00 bits per heavy atom. The lowest BCUT2D eigenvalue weighted by Gasteiger charge is -2.18. The highest BCUT2D eigenvalue weighted by molar-refractivity contribution is 7.89. The summed E-state index contributed by atoms with van der Waals surface area (Å²) in [5, 5.41) is 15.3. The lowest BCUT2D eigenvalue weighted by atomic mass is 10.00. The highest BCUT2D eigenvalue weighted by Gasteiger charge is 2.31. The second kappa shape index (κ2) is 10.3. The molecule has 0 aromatic heterocycles. The van der Waals surface area contributed by atoms with Crippen molar-refractivity contribution in [2.45, 2.75) is 24.7 Å². The summed E-state index contributed by atoms with van der Waals surface area (Å²) in [6.45, 7) is 2.40. The van der Waals surface area contributed by atoms with Gasteiger partial charge in [-0.25, -0.2) is 17.5 Å². The number of hydrogen-bond donors (Lipinski definition) is 3. The molecule has 0 bridgehead atoms. The summed E-state index contributed by atoms with van der Waals surface area (Å²) in [7, 11) is -2.19. The van der Waals surface area contributed by atoms with Crippen LogP contribution < -0.4 is 10.6 Å². The molecular weight excluding hydrogens is 478 g/mol. The van der Waals surface area contributed by atoms with Crippen LogP contribution >= 0.6 is 0 Å². The topological polar surface area (TPSA) is 116 Å². The van der Waals surface area contributed by atoms with E-state index in [1.807, 2.05) is 37.3 Å². The molecule has 1 aliphatic rings. The van der Waals surface area contributed by atoms with E-state index in [0.717, 1.165) is 12.8 Å². The van der Waals surface area contributed by atoms with E-state index in [1.54, 1.807) is 25.2 Å². The molecule has 1 amide bonds. The minimum atomic E-state index is -3.74. The molecule has 3 aromatic rings. The van der Waals surface area contributed by atoms with E-state index in [9.17, 15) is 23.1 Å². The first kappa shape index (κ1) is 25.2. The van der Waals surface area contributed by atoms with Crippen molar-refractivity contribution in [2.24, 2.45) is 0 Å². The molecule has 3 N–H and O–H groups in total. The van der Waals surface area contributed by atoms with Gasteiger partial charge in [0, 0.05) is 30.5 Å². The summed E-state index contributed by atoms with van der Waals surface area (Å²) in [5.41, 5.74) is 3.19. The monoisotopic (exact) mass is 505 g/mol. The number of nitrogens with zero attached hydrogens (tertiary/aromatic N) is 1. The minimum absolute atomic E-state index is 0.104. The molecule has 8 nitrogen and oxygen atoms in total. The molecule has 0 aliphatic carbocycles. The third kappa shape index (κ3) is 5.02. The van der Waals surface area contributed by atoms with Gasteiger partial charge in [-0.1, -0.05) is 43.7 Å². The number of sulfonamides is 1. The van der Waals surface area contributed by atoms with Gasteiger partial charge in [0.15, 0.2) is 0 Å². The number of carboxylic acid groups (broad SMARTS) is 1. The fourth-order valence-corrected chi connectivity index (χ4v) is 5.20. The van der Waals surface area contributed by atoms with Gasteiger partial charge in [-0.2, -0.15) is 0 Å². The van der Waals surface area contributed by atoms with Crippen LogP contribution in [-0.2, 0) is 14.8 Å². The molecule has 36 heavy (non-hydrogen) atoms. The van der Waals surface area contributed by atoms with Gasteiger partial charge in [-0.15, -0.1) is 0 Å². The largest absolute Gasteiger partial charge is 0.478 e. The van der Waals surface area contributed by atoms with Crippen LogP contribution in [-0.4, -0.2) is 43.3 Å². The summed E-state index contributed by atoms with van der Waals surface area (Å²) in [4.78, 5) is 24.5. The molecule has 0 saturated heterocycles. The molecule has 4 rings (SSSR count).